The number of morpholine rings is 1. The molecule has 5 nitrogen and oxygen atoms in total. The van der Waals surface area contributed by atoms with Crippen molar-refractivity contribution in [1.29, 1.82) is 0 Å². The molecule has 1 amide bonds. The zero-order chi connectivity index (χ0) is 18.8. The molecule has 1 fully saturated rings. The molecule has 26 heavy (non-hydrogen) atoms. The lowest BCUT2D eigenvalue weighted by Gasteiger charge is -2.42. The number of hydrogen-bond donors (Lipinski definition) is 0. The van der Waals surface area contributed by atoms with Crippen LogP contribution in [0.3, 0.4) is 0 Å². The van der Waals surface area contributed by atoms with Crippen molar-refractivity contribution in [3.05, 3.63) is 65.7 Å². The molecule has 138 valence electrons. The molecule has 2 aromatic rings. The summed E-state index contributed by atoms with van der Waals surface area (Å²) in [7, 11) is -3.45. The summed E-state index contributed by atoms with van der Waals surface area (Å²) in [6.07, 6.45) is 0. The molecular formula is C20H23NO4S. The predicted molar refractivity (Wildman–Crippen MR) is 99.7 cm³/mol. The van der Waals surface area contributed by atoms with E-state index >= 15 is 0 Å². The van der Waals surface area contributed by atoms with E-state index in [1.165, 1.54) is 0 Å². The summed E-state index contributed by atoms with van der Waals surface area (Å²) in [6, 6.07) is 15.2. The Labute approximate surface area is 154 Å². The van der Waals surface area contributed by atoms with Gasteiger partial charge in [0.05, 0.1) is 29.4 Å². The lowest BCUT2D eigenvalue weighted by Crippen LogP contribution is -2.55. The number of amides is 1. The van der Waals surface area contributed by atoms with E-state index in [4.69, 9.17) is 4.74 Å². The number of benzene rings is 2. The summed E-state index contributed by atoms with van der Waals surface area (Å²) in [5, 5.41) is 0. The first-order valence-corrected chi connectivity index (χ1v) is 10.2. The van der Waals surface area contributed by atoms with Crippen LogP contribution in [0.1, 0.15) is 29.8 Å². The Morgan fingerprint density at radius 3 is 2.54 bits per heavy atom. The van der Waals surface area contributed by atoms with Gasteiger partial charge in [-0.3, -0.25) is 4.79 Å². The summed E-state index contributed by atoms with van der Waals surface area (Å²) in [5.41, 5.74) is 0.716. The number of sulfone groups is 1. The second-order valence-electron chi connectivity index (χ2n) is 7.09. The average molecular weight is 373 g/mol. The van der Waals surface area contributed by atoms with E-state index in [0.29, 0.717) is 30.9 Å². The first-order valence-electron chi connectivity index (χ1n) is 8.56. The van der Waals surface area contributed by atoms with Gasteiger partial charge in [-0.1, -0.05) is 30.3 Å². The molecule has 0 N–H and O–H groups in total. The van der Waals surface area contributed by atoms with E-state index in [0.717, 1.165) is 0 Å². The number of carbonyl (C=O) groups is 1. The van der Waals surface area contributed by atoms with Crippen molar-refractivity contribution in [1.82, 2.24) is 4.90 Å². The summed E-state index contributed by atoms with van der Waals surface area (Å²) in [6.45, 7) is 5.46. The molecular weight excluding hydrogens is 350 g/mol. The highest BCUT2D eigenvalue weighted by molar-refractivity contribution is 7.90. The molecule has 1 saturated heterocycles. The zero-order valence-electron chi connectivity index (χ0n) is 15.0. The highest BCUT2D eigenvalue weighted by atomic mass is 32.2. The zero-order valence-corrected chi connectivity index (χ0v) is 15.8. The third kappa shape index (κ3) is 3.97. The van der Waals surface area contributed by atoms with Crippen LogP contribution in [0, 0.1) is 0 Å². The Hall–Kier alpha value is -2.18. The SMILES string of the molecule is CC1(C)COCCN1C(=O)c1cccc(CS(=O)(=O)c2ccccc2)c1. The molecule has 0 saturated carbocycles. The molecule has 3 rings (SSSR count). The van der Waals surface area contributed by atoms with Crippen molar-refractivity contribution in [2.75, 3.05) is 19.8 Å². The Bertz CT molecular complexity index is 891. The fraction of sp³-hybridized carbons (Fsp3) is 0.350. The van der Waals surface area contributed by atoms with Crippen molar-refractivity contribution in [2.45, 2.75) is 30.0 Å². The maximum atomic E-state index is 12.9. The van der Waals surface area contributed by atoms with Gasteiger partial charge in [-0.25, -0.2) is 8.42 Å². The summed E-state index contributed by atoms with van der Waals surface area (Å²) >= 11 is 0. The fourth-order valence-electron chi connectivity index (χ4n) is 3.12. The molecule has 2 aromatic carbocycles. The second-order valence-corrected chi connectivity index (χ2v) is 9.08. The molecule has 6 heteroatoms. The molecule has 1 aliphatic rings. The van der Waals surface area contributed by atoms with Crippen molar-refractivity contribution < 1.29 is 17.9 Å². The molecule has 0 aromatic heterocycles. The van der Waals surface area contributed by atoms with Gasteiger partial charge in [0, 0.05) is 12.1 Å². The molecule has 0 aliphatic carbocycles. The third-order valence-electron chi connectivity index (χ3n) is 4.52. The topological polar surface area (TPSA) is 63.7 Å². The van der Waals surface area contributed by atoms with Crippen LogP contribution < -0.4 is 0 Å². The van der Waals surface area contributed by atoms with Gasteiger partial charge < -0.3 is 9.64 Å². The highest BCUT2D eigenvalue weighted by Gasteiger charge is 2.34. The third-order valence-corrected chi connectivity index (χ3v) is 6.23. The highest BCUT2D eigenvalue weighted by Crippen LogP contribution is 2.23. The van der Waals surface area contributed by atoms with E-state index in [2.05, 4.69) is 0 Å². The summed E-state index contributed by atoms with van der Waals surface area (Å²) in [4.78, 5) is 15.0. The van der Waals surface area contributed by atoms with Crippen LogP contribution in [-0.4, -0.2) is 44.5 Å². The largest absolute Gasteiger partial charge is 0.377 e. The smallest absolute Gasteiger partial charge is 0.254 e. The van der Waals surface area contributed by atoms with E-state index in [9.17, 15) is 13.2 Å². The number of ether oxygens (including phenoxy) is 1. The summed E-state index contributed by atoms with van der Waals surface area (Å²) < 4.78 is 30.6. The minimum Gasteiger partial charge on any atom is -0.377 e. The van der Waals surface area contributed by atoms with Crippen LogP contribution in [-0.2, 0) is 20.3 Å². The van der Waals surface area contributed by atoms with E-state index in [1.54, 1.807) is 59.5 Å². The van der Waals surface area contributed by atoms with E-state index in [-0.39, 0.29) is 22.1 Å². The van der Waals surface area contributed by atoms with Crippen molar-refractivity contribution in [3.8, 4) is 0 Å². The van der Waals surface area contributed by atoms with Crippen LogP contribution in [0.5, 0.6) is 0 Å². The quantitative estimate of drug-likeness (QED) is 0.827. The Morgan fingerprint density at radius 2 is 1.85 bits per heavy atom. The number of nitrogens with zero attached hydrogens (tertiary/aromatic N) is 1. The van der Waals surface area contributed by atoms with Gasteiger partial charge in [0.15, 0.2) is 9.84 Å². The first kappa shape index (κ1) is 18.6. The Balaban J connectivity index is 1.83. The van der Waals surface area contributed by atoms with E-state index < -0.39 is 9.84 Å². The predicted octanol–water partition coefficient (Wildman–Crippen LogP) is 2.91. The van der Waals surface area contributed by atoms with Gasteiger partial charge in [0.1, 0.15) is 0 Å². The standard InChI is InChI=1S/C20H23NO4S/c1-20(2)15-25-12-11-21(20)19(22)17-8-6-7-16(13-17)14-26(23,24)18-9-4-3-5-10-18/h3-10,13H,11-12,14-15H2,1-2H3. The molecule has 0 atom stereocenters. The maximum absolute atomic E-state index is 12.9. The van der Waals surface area contributed by atoms with Gasteiger partial charge >= 0.3 is 0 Å². The van der Waals surface area contributed by atoms with Gasteiger partial charge in [-0.15, -0.1) is 0 Å². The molecule has 0 spiro atoms. The van der Waals surface area contributed by atoms with Crippen LogP contribution >= 0.6 is 0 Å². The fourth-order valence-corrected chi connectivity index (χ4v) is 4.47. The Morgan fingerprint density at radius 1 is 1.12 bits per heavy atom. The number of rotatable bonds is 4. The van der Waals surface area contributed by atoms with Gasteiger partial charge in [-0.05, 0) is 43.7 Å². The normalized spacial score (nSPS) is 17.1. The summed E-state index contributed by atoms with van der Waals surface area (Å²) in [5.74, 6) is -0.234. The van der Waals surface area contributed by atoms with Crippen molar-refractivity contribution in [2.24, 2.45) is 0 Å². The molecule has 1 heterocycles. The van der Waals surface area contributed by atoms with Gasteiger partial charge in [0.2, 0.25) is 0 Å². The minimum absolute atomic E-state index is 0.0998. The van der Waals surface area contributed by atoms with Crippen LogP contribution in [0.4, 0.5) is 0 Å². The van der Waals surface area contributed by atoms with Crippen molar-refractivity contribution in [3.63, 3.8) is 0 Å². The monoisotopic (exact) mass is 373 g/mol. The molecule has 0 unspecified atom stereocenters. The Kier molecular flexibility index (Phi) is 5.16. The lowest BCUT2D eigenvalue weighted by atomic mass is 10.0. The van der Waals surface area contributed by atoms with E-state index in [1.807, 2.05) is 13.8 Å². The minimum atomic E-state index is -3.45. The van der Waals surface area contributed by atoms with Gasteiger partial charge in [0.25, 0.3) is 5.91 Å². The number of hydrogen-bond acceptors (Lipinski definition) is 4. The average Bonchev–Trinajstić information content (AvgIpc) is 2.61. The van der Waals surface area contributed by atoms with Crippen LogP contribution in [0.2, 0.25) is 0 Å². The van der Waals surface area contributed by atoms with Gasteiger partial charge in [-0.2, -0.15) is 0 Å². The molecule has 1 aliphatic heterocycles. The lowest BCUT2D eigenvalue weighted by molar-refractivity contribution is -0.0370. The van der Waals surface area contributed by atoms with Crippen molar-refractivity contribution >= 4 is 15.7 Å². The number of carbonyl (C=O) groups excluding carboxylic acids is 1. The molecule has 0 radical (unpaired) electrons. The van der Waals surface area contributed by atoms with Crippen LogP contribution in [0.15, 0.2) is 59.5 Å². The maximum Gasteiger partial charge on any atom is 0.254 e. The second kappa shape index (κ2) is 7.21. The first-order chi connectivity index (χ1) is 12.3. The van der Waals surface area contributed by atoms with Crippen LogP contribution in [0.25, 0.3) is 0 Å². The molecule has 0 bridgehead atoms.